The summed E-state index contributed by atoms with van der Waals surface area (Å²) in [5.41, 5.74) is 0.912. The summed E-state index contributed by atoms with van der Waals surface area (Å²) in [5.74, 6) is 1.58. The third-order valence-corrected chi connectivity index (χ3v) is 3.32. The highest BCUT2D eigenvalue weighted by Gasteiger charge is 2.24. The van der Waals surface area contributed by atoms with Gasteiger partial charge in [0.15, 0.2) is 11.5 Å². The van der Waals surface area contributed by atoms with E-state index < -0.39 is 0 Å². The fourth-order valence-electron chi connectivity index (χ4n) is 2.23. The molecule has 1 aromatic carbocycles. The number of nitrogens with one attached hydrogen (secondary N) is 1. The van der Waals surface area contributed by atoms with Crippen molar-refractivity contribution in [1.29, 1.82) is 0 Å². The lowest BCUT2D eigenvalue weighted by Gasteiger charge is -2.19. The third kappa shape index (κ3) is 3.58. The summed E-state index contributed by atoms with van der Waals surface area (Å²) in [7, 11) is 2.97. The molecule has 0 amide bonds. The highest BCUT2D eigenvalue weighted by molar-refractivity contribution is 5.70. The number of hydrogen-bond donors (Lipinski definition) is 1. The van der Waals surface area contributed by atoms with E-state index in [2.05, 4.69) is 12.2 Å². The highest BCUT2D eigenvalue weighted by atomic mass is 16.7. The van der Waals surface area contributed by atoms with Gasteiger partial charge in [-0.1, -0.05) is 6.92 Å². The zero-order chi connectivity index (χ0) is 15.2. The molecular weight excluding hydrogens is 274 g/mol. The molecule has 6 heteroatoms. The summed E-state index contributed by atoms with van der Waals surface area (Å²) in [4.78, 5) is 11.6. The Kier molecular flexibility index (Phi) is 5.27. The molecule has 1 atom stereocenters. The van der Waals surface area contributed by atoms with E-state index in [-0.39, 0.29) is 25.2 Å². The molecule has 0 radical (unpaired) electrons. The first-order valence-electron chi connectivity index (χ1n) is 6.97. The van der Waals surface area contributed by atoms with Crippen LogP contribution in [0.2, 0.25) is 0 Å². The van der Waals surface area contributed by atoms with Crippen LogP contribution in [0.5, 0.6) is 17.2 Å². The van der Waals surface area contributed by atoms with Gasteiger partial charge >= 0.3 is 5.97 Å². The van der Waals surface area contributed by atoms with Crippen molar-refractivity contribution in [2.75, 3.05) is 27.6 Å². The summed E-state index contributed by atoms with van der Waals surface area (Å²) < 4.78 is 20.9. The molecule has 116 valence electrons. The van der Waals surface area contributed by atoms with Gasteiger partial charge in [0, 0.05) is 6.04 Å². The Hall–Kier alpha value is -1.95. The van der Waals surface area contributed by atoms with Crippen LogP contribution in [0, 0.1) is 0 Å². The molecule has 0 spiro atoms. The van der Waals surface area contributed by atoms with Gasteiger partial charge in [0.2, 0.25) is 12.5 Å². The predicted molar refractivity (Wildman–Crippen MR) is 76.8 cm³/mol. The van der Waals surface area contributed by atoms with E-state index in [0.29, 0.717) is 17.2 Å². The Bertz CT molecular complexity index is 503. The second-order valence-electron chi connectivity index (χ2n) is 4.74. The molecule has 0 bridgehead atoms. The fourth-order valence-corrected chi connectivity index (χ4v) is 2.23. The molecule has 1 heterocycles. The van der Waals surface area contributed by atoms with Gasteiger partial charge in [0.25, 0.3) is 0 Å². The molecule has 0 saturated heterocycles. The number of ether oxygens (including phenoxy) is 4. The van der Waals surface area contributed by atoms with Gasteiger partial charge in [-0.25, -0.2) is 0 Å². The molecule has 1 unspecified atom stereocenters. The van der Waals surface area contributed by atoms with Crippen LogP contribution >= 0.6 is 0 Å². The Morgan fingerprint density at radius 2 is 2.19 bits per heavy atom. The number of esters is 1. The number of rotatable bonds is 7. The average molecular weight is 295 g/mol. The first-order valence-corrected chi connectivity index (χ1v) is 6.97. The van der Waals surface area contributed by atoms with Gasteiger partial charge in [-0.15, -0.1) is 0 Å². The number of hydrogen-bond acceptors (Lipinski definition) is 6. The van der Waals surface area contributed by atoms with Crippen LogP contribution in [-0.2, 0) is 9.53 Å². The second-order valence-corrected chi connectivity index (χ2v) is 4.74. The second kappa shape index (κ2) is 7.17. The standard InChI is InChI=1S/C15H21NO5/c1-4-5-16-11(8-14(17)19-3)10-6-12(18-2)15-13(7-10)20-9-21-15/h6-7,11,16H,4-5,8-9H2,1-3H3. The molecule has 2 rings (SSSR count). The molecular formula is C15H21NO5. The zero-order valence-electron chi connectivity index (χ0n) is 12.6. The third-order valence-electron chi connectivity index (χ3n) is 3.32. The van der Waals surface area contributed by atoms with Gasteiger partial charge in [0.1, 0.15) is 0 Å². The molecule has 0 aromatic heterocycles. The van der Waals surface area contributed by atoms with Crippen molar-refractivity contribution in [2.45, 2.75) is 25.8 Å². The van der Waals surface area contributed by atoms with Crippen molar-refractivity contribution in [3.8, 4) is 17.2 Å². The monoisotopic (exact) mass is 295 g/mol. The van der Waals surface area contributed by atoms with E-state index in [1.54, 1.807) is 7.11 Å². The van der Waals surface area contributed by atoms with E-state index in [4.69, 9.17) is 18.9 Å². The Balaban J connectivity index is 2.28. The molecule has 1 aliphatic heterocycles. The molecule has 21 heavy (non-hydrogen) atoms. The maximum absolute atomic E-state index is 11.6. The molecule has 1 N–H and O–H groups in total. The van der Waals surface area contributed by atoms with Crippen molar-refractivity contribution in [1.82, 2.24) is 5.32 Å². The summed E-state index contributed by atoms with van der Waals surface area (Å²) in [5, 5.41) is 3.34. The normalized spacial score (nSPS) is 13.9. The summed E-state index contributed by atoms with van der Waals surface area (Å²) >= 11 is 0. The number of fused-ring (bicyclic) bond motifs is 1. The van der Waals surface area contributed by atoms with Gasteiger partial charge in [-0.05, 0) is 30.7 Å². The van der Waals surface area contributed by atoms with Crippen LogP contribution in [0.1, 0.15) is 31.4 Å². The van der Waals surface area contributed by atoms with E-state index in [1.165, 1.54) is 7.11 Å². The van der Waals surface area contributed by atoms with Crippen LogP contribution in [0.3, 0.4) is 0 Å². The molecule has 1 aromatic rings. The number of carbonyl (C=O) groups excluding carboxylic acids is 1. The van der Waals surface area contributed by atoms with Crippen molar-refractivity contribution < 1.29 is 23.7 Å². The van der Waals surface area contributed by atoms with E-state index in [0.717, 1.165) is 18.5 Å². The van der Waals surface area contributed by atoms with Crippen molar-refractivity contribution in [3.05, 3.63) is 17.7 Å². The maximum Gasteiger partial charge on any atom is 0.307 e. The molecule has 0 saturated carbocycles. The van der Waals surface area contributed by atoms with E-state index in [1.807, 2.05) is 12.1 Å². The van der Waals surface area contributed by atoms with Crippen LogP contribution < -0.4 is 19.5 Å². The smallest absolute Gasteiger partial charge is 0.307 e. The van der Waals surface area contributed by atoms with E-state index >= 15 is 0 Å². The summed E-state index contributed by atoms with van der Waals surface area (Å²) in [6.07, 6.45) is 1.22. The lowest BCUT2D eigenvalue weighted by atomic mass is 10.0. The predicted octanol–water partition coefficient (Wildman–Crippen LogP) is 2.03. The first-order chi connectivity index (χ1) is 10.2. The summed E-state index contributed by atoms with van der Waals surface area (Å²) in [6, 6.07) is 3.59. The van der Waals surface area contributed by atoms with Gasteiger partial charge in [-0.3, -0.25) is 4.79 Å². The van der Waals surface area contributed by atoms with Crippen LogP contribution in [0.4, 0.5) is 0 Å². The minimum absolute atomic E-state index is 0.152. The molecule has 0 aliphatic carbocycles. The highest BCUT2D eigenvalue weighted by Crippen LogP contribution is 2.43. The van der Waals surface area contributed by atoms with Crippen LogP contribution in [0.25, 0.3) is 0 Å². The minimum atomic E-state index is -0.264. The SMILES string of the molecule is CCCNC(CC(=O)OC)c1cc(OC)c2c(c1)OCO2. The first kappa shape index (κ1) is 15.4. The lowest BCUT2D eigenvalue weighted by Crippen LogP contribution is -2.25. The van der Waals surface area contributed by atoms with Gasteiger partial charge in [0.05, 0.1) is 20.6 Å². The largest absolute Gasteiger partial charge is 0.493 e. The number of methoxy groups -OCH3 is 2. The fraction of sp³-hybridized carbons (Fsp3) is 0.533. The van der Waals surface area contributed by atoms with Gasteiger partial charge < -0.3 is 24.3 Å². The van der Waals surface area contributed by atoms with Crippen molar-refractivity contribution in [2.24, 2.45) is 0 Å². The van der Waals surface area contributed by atoms with Crippen molar-refractivity contribution >= 4 is 5.97 Å². The number of benzene rings is 1. The van der Waals surface area contributed by atoms with Crippen LogP contribution in [-0.4, -0.2) is 33.5 Å². The topological polar surface area (TPSA) is 66.0 Å². The van der Waals surface area contributed by atoms with Crippen molar-refractivity contribution in [3.63, 3.8) is 0 Å². The number of carbonyl (C=O) groups is 1. The Morgan fingerprint density at radius 3 is 2.86 bits per heavy atom. The Morgan fingerprint density at radius 1 is 1.38 bits per heavy atom. The lowest BCUT2D eigenvalue weighted by molar-refractivity contribution is -0.141. The average Bonchev–Trinajstić information content (AvgIpc) is 2.98. The maximum atomic E-state index is 11.6. The van der Waals surface area contributed by atoms with Gasteiger partial charge in [-0.2, -0.15) is 0 Å². The zero-order valence-corrected chi connectivity index (χ0v) is 12.6. The molecule has 0 fully saturated rings. The molecule has 6 nitrogen and oxygen atoms in total. The molecule has 1 aliphatic rings. The quantitative estimate of drug-likeness (QED) is 0.776. The minimum Gasteiger partial charge on any atom is -0.493 e. The summed E-state index contributed by atoms with van der Waals surface area (Å²) in [6.45, 7) is 3.06. The van der Waals surface area contributed by atoms with E-state index in [9.17, 15) is 4.79 Å². The van der Waals surface area contributed by atoms with Crippen LogP contribution in [0.15, 0.2) is 12.1 Å². The Labute approximate surface area is 124 Å².